The molecule has 0 radical (unpaired) electrons. The van der Waals surface area contributed by atoms with Gasteiger partial charge in [0.25, 0.3) is 0 Å². The third kappa shape index (κ3) is 2.66. The fraction of sp³-hybridized carbons (Fsp3) is 1.00. The molecule has 0 spiro atoms. The van der Waals surface area contributed by atoms with Crippen LogP contribution in [0.2, 0.25) is 0 Å². The van der Waals surface area contributed by atoms with E-state index in [0.29, 0.717) is 5.54 Å². The monoisotopic (exact) mass is 293 g/mol. The number of piperidine rings is 2. The fourth-order valence-electron chi connectivity index (χ4n) is 5.66. The van der Waals surface area contributed by atoms with E-state index in [0.717, 1.165) is 30.3 Å². The summed E-state index contributed by atoms with van der Waals surface area (Å²) in [6, 6.07) is 0.834. The summed E-state index contributed by atoms with van der Waals surface area (Å²) in [6.07, 6.45) is 8.24. The molecule has 0 amide bonds. The van der Waals surface area contributed by atoms with Crippen molar-refractivity contribution in [3.63, 3.8) is 0 Å². The van der Waals surface area contributed by atoms with Gasteiger partial charge < -0.3 is 10.6 Å². The van der Waals surface area contributed by atoms with Crippen LogP contribution in [0, 0.1) is 17.8 Å². The van der Waals surface area contributed by atoms with Crippen LogP contribution in [0.25, 0.3) is 0 Å². The molecule has 0 aromatic heterocycles. The van der Waals surface area contributed by atoms with Crippen LogP contribution in [0.1, 0.15) is 52.4 Å². The van der Waals surface area contributed by atoms with E-state index in [1.54, 1.807) is 0 Å². The lowest BCUT2D eigenvalue weighted by Gasteiger charge is -2.57. The van der Waals surface area contributed by atoms with Gasteiger partial charge in [0.2, 0.25) is 0 Å². The number of hydrogen-bond donors (Lipinski definition) is 1. The minimum absolute atomic E-state index is 0.290. The average molecular weight is 293 g/mol. The van der Waals surface area contributed by atoms with E-state index in [-0.39, 0.29) is 0 Å². The van der Waals surface area contributed by atoms with E-state index in [4.69, 9.17) is 5.73 Å². The lowest BCUT2D eigenvalue weighted by Crippen LogP contribution is -2.65. The molecule has 3 fully saturated rings. The van der Waals surface area contributed by atoms with Crippen molar-refractivity contribution in [1.82, 2.24) is 9.80 Å². The van der Waals surface area contributed by atoms with Crippen molar-refractivity contribution < 1.29 is 0 Å². The molecule has 1 saturated carbocycles. The van der Waals surface area contributed by atoms with Crippen molar-refractivity contribution in [3.8, 4) is 0 Å². The summed E-state index contributed by atoms with van der Waals surface area (Å²) in [7, 11) is 2.33. The third-order valence-electron chi connectivity index (χ3n) is 7.30. The van der Waals surface area contributed by atoms with Crippen LogP contribution < -0.4 is 5.73 Å². The van der Waals surface area contributed by atoms with Gasteiger partial charge in [-0.3, -0.25) is 4.90 Å². The Balaban J connectivity index is 1.76. The van der Waals surface area contributed by atoms with Gasteiger partial charge in [0.15, 0.2) is 0 Å². The third-order valence-corrected chi connectivity index (χ3v) is 7.30. The molecule has 5 unspecified atom stereocenters. The first-order valence-electron chi connectivity index (χ1n) is 9.24. The topological polar surface area (TPSA) is 32.5 Å². The highest BCUT2D eigenvalue weighted by atomic mass is 15.3. The molecule has 3 nitrogen and oxygen atoms in total. The van der Waals surface area contributed by atoms with E-state index in [2.05, 4.69) is 30.7 Å². The van der Waals surface area contributed by atoms with Gasteiger partial charge in [0, 0.05) is 31.2 Å². The van der Waals surface area contributed by atoms with Crippen molar-refractivity contribution in [2.24, 2.45) is 23.5 Å². The fourth-order valence-corrected chi connectivity index (χ4v) is 5.66. The molecule has 3 rings (SSSR count). The number of rotatable bonds is 2. The highest BCUT2D eigenvalue weighted by molar-refractivity contribution is 5.03. The lowest BCUT2D eigenvalue weighted by molar-refractivity contribution is -0.0625. The van der Waals surface area contributed by atoms with Gasteiger partial charge in [-0.25, -0.2) is 0 Å². The Kier molecular flexibility index (Phi) is 4.63. The molecular weight excluding hydrogens is 258 g/mol. The first-order chi connectivity index (χ1) is 10.1. The van der Waals surface area contributed by atoms with E-state index in [1.807, 2.05) is 0 Å². The molecule has 5 atom stereocenters. The molecule has 0 aromatic rings. The van der Waals surface area contributed by atoms with Crippen molar-refractivity contribution in [2.45, 2.75) is 64.0 Å². The SMILES string of the molecule is CC1CCCC(CN)(N2CCC3C(CCCN3C)C2)C1C. The highest BCUT2D eigenvalue weighted by Gasteiger charge is 2.47. The number of nitrogens with two attached hydrogens (primary N) is 1. The minimum atomic E-state index is 0.290. The maximum atomic E-state index is 6.36. The summed E-state index contributed by atoms with van der Waals surface area (Å²) in [6.45, 7) is 9.62. The zero-order valence-electron chi connectivity index (χ0n) is 14.4. The summed E-state index contributed by atoms with van der Waals surface area (Å²) in [4.78, 5) is 5.45. The molecule has 1 aliphatic carbocycles. The van der Waals surface area contributed by atoms with Crippen LogP contribution in [0.4, 0.5) is 0 Å². The maximum Gasteiger partial charge on any atom is 0.0359 e. The Morgan fingerprint density at radius 2 is 1.90 bits per heavy atom. The second kappa shape index (κ2) is 6.17. The van der Waals surface area contributed by atoms with E-state index in [1.165, 1.54) is 58.2 Å². The Morgan fingerprint density at radius 1 is 1.10 bits per heavy atom. The van der Waals surface area contributed by atoms with Gasteiger partial charge in [-0.15, -0.1) is 0 Å². The summed E-state index contributed by atoms with van der Waals surface area (Å²) >= 11 is 0. The van der Waals surface area contributed by atoms with Crippen molar-refractivity contribution in [2.75, 3.05) is 33.2 Å². The largest absolute Gasteiger partial charge is 0.329 e. The van der Waals surface area contributed by atoms with Crippen LogP contribution >= 0.6 is 0 Å². The lowest BCUT2D eigenvalue weighted by atomic mass is 9.66. The summed E-state index contributed by atoms with van der Waals surface area (Å²) in [5.41, 5.74) is 6.66. The molecule has 3 aliphatic rings. The van der Waals surface area contributed by atoms with E-state index < -0.39 is 0 Å². The van der Waals surface area contributed by atoms with Crippen LogP contribution in [0.3, 0.4) is 0 Å². The first kappa shape index (κ1) is 15.8. The normalized spacial score (nSPS) is 46.3. The Hall–Kier alpha value is -0.120. The maximum absolute atomic E-state index is 6.36. The van der Waals surface area contributed by atoms with Gasteiger partial charge in [0.05, 0.1) is 0 Å². The molecule has 0 aromatic carbocycles. The predicted molar refractivity (Wildman–Crippen MR) is 89.3 cm³/mol. The second-order valence-electron chi connectivity index (χ2n) is 8.15. The zero-order chi connectivity index (χ0) is 15.0. The van der Waals surface area contributed by atoms with Crippen LogP contribution in [-0.4, -0.2) is 54.6 Å². The minimum Gasteiger partial charge on any atom is -0.329 e. The predicted octanol–water partition coefficient (Wildman–Crippen LogP) is 2.56. The number of likely N-dealkylation sites (tertiary alicyclic amines) is 2. The summed E-state index contributed by atoms with van der Waals surface area (Å²) in [5.74, 6) is 2.45. The summed E-state index contributed by atoms with van der Waals surface area (Å²) < 4.78 is 0. The van der Waals surface area contributed by atoms with Crippen LogP contribution in [-0.2, 0) is 0 Å². The smallest absolute Gasteiger partial charge is 0.0359 e. The highest BCUT2D eigenvalue weighted by Crippen LogP contribution is 2.43. The van der Waals surface area contributed by atoms with Crippen molar-refractivity contribution in [3.05, 3.63) is 0 Å². The Bertz CT molecular complexity index is 358. The molecule has 2 heterocycles. The van der Waals surface area contributed by atoms with Crippen molar-refractivity contribution in [1.29, 1.82) is 0 Å². The van der Waals surface area contributed by atoms with Gasteiger partial charge in [0.1, 0.15) is 0 Å². The molecular formula is C18H35N3. The standard InChI is InChI=1S/C18H35N3/c1-14-6-4-9-18(13-19,15(14)2)21-11-8-17-16(12-21)7-5-10-20(17)3/h14-17H,4-13,19H2,1-3H3. The van der Waals surface area contributed by atoms with Gasteiger partial charge in [-0.2, -0.15) is 0 Å². The number of hydrogen-bond acceptors (Lipinski definition) is 3. The second-order valence-corrected chi connectivity index (χ2v) is 8.15. The first-order valence-corrected chi connectivity index (χ1v) is 9.24. The molecule has 2 N–H and O–H groups in total. The zero-order valence-corrected chi connectivity index (χ0v) is 14.4. The number of nitrogens with zero attached hydrogens (tertiary/aromatic N) is 2. The van der Waals surface area contributed by atoms with E-state index in [9.17, 15) is 0 Å². The molecule has 21 heavy (non-hydrogen) atoms. The van der Waals surface area contributed by atoms with Gasteiger partial charge in [-0.1, -0.05) is 26.7 Å². The van der Waals surface area contributed by atoms with E-state index >= 15 is 0 Å². The Labute approximate surface area is 131 Å². The summed E-state index contributed by atoms with van der Waals surface area (Å²) in [5, 5.41) is 0. The van der Waals surface area contributed by atoms with Crippen LogP contribution in [0.5, 0.6) is 0 Å². The number of fused-ring (bicyclic) bond motifs is 1. The molecule has 2 aliphatic heterocycles. The Morgan fingerprint density at radius 3 is 2.67 bits per heavy atom. The quantitative estimate of drug-likeness (QED) is 0.849. The molecule has 0 bridgehead atoms. The molecule has 122 valence electrons. The molecule has 2 saturated heterocycles. The molecule has 3 heteroatoms. The van der Waals surface area contributed by atoms with Gasteiger partial charge >= 0.3 is 0 Å². The van der Waals surface area contributed by atoms with Gasteiger partial charge in [-0.05, 0) is 57.0 Å². The van der Waals surface area contributed by atoms with Crippen LogP contribution in [0.15, 0.2) is 0 Å². The van der Waals surface area contributed by atoms with Crippen molar-refractivity contribution >= 4 is 0 Å². The average Bonchev–Trinajstić information content (AvgIpc) is 2.50.